The summed E-state index contributed by atoms with van der Waals surface area (Å²) < 4.78 is 10.6. The molecule has 0 aromatic carbocycles. The average Bonchev–Trinajstić information content (AvgIpc) is 2.91. The number of ether oxygens (including phenoxy) is 1. The molecule has 0 spiro atoms. The van der Waals surface area contributed by atoms with Gasteiger partial charge in [-0.15, -0.1) is 0 Å². The van der Waals surface area contributed by atoms with Gasteiger partial charge >= 0.3 is 0 Å². The maximum absolute atomic E-state index is 8.67. The van der Waals surface area contributed by atoms with Crippen LogP contribution in [-0.4, -0.2) is 22.9 Å². The van der Waals surface area contributed by atoms with E-state index in [1.165, 1.54) is 0 Å². The predicted molar refractivity (Wildman–Crippen MR) is 55.5 cm³/mol. The predicted octanol–water partition coefficient (Wildman–Crippen LogP) is 1.49. The molecule has 1 saturated heterocycles. The van der Waals surface area contributed by atoms with Gasteiger partial charge in [-0.05, 0) is 19.8 Å². The summed E-state index contributed by atoms with van der Waals surface area (Å²) >= 11 is 0. The molecule has 1 aliphatic heterocycles. The molecular formula is C11H15N3O2. The van der Waals surface area contributed by atoms with Crippen LogP contribution in [0, 0.1) is 17.2 Å². The van der Waals surface area contributed by atoms with E-state index in [4.69, 9.17) is 14.5 Å². The van der Waals surface area contributed by atoms with Crippen LogP contribution in [0.4, 0.5) is 0 Å². The smallest absolute Gasteiger partial charge is 0.227 e. The minimum Gasteiger partial charge on any atom is -0.378 e. The highest BCUT2D eigenvalue weighted by Gasteiger charge is 2.19. The van der Waals surface area contributed by atoms with Crippen molar-refractivity contribution in [3.05, 3.63) is 11.7 Å². The molecule has 1 aliphatic rings. The van der Waals surface area contributed by atoms with Crippen molar-refractivity contribution in [2.75, 3.05) is 6.61 Å². The van der Waals surface area contributed by atoms with E-state index in [2.05, 4.69) is 16.2 Å². The molecule has 86 valence electrons. The molecular weight excluding hydrogens is 206 g/mol. The summed E-state index contributed by atoms with van der Waals surface area (Å²) in [5.74, 6) is 1.14. The zero-order valence-corrected chi connectivity index (χ0v) is 9.35. The number of hydrogen-bond donors (Lipinski definition) is 0. The number of rotatable bonds is 4. The Bertz CT molecular complexity index is 377. The van der Waals surface area contributed by atoms with Gasteiger partial charge in [0.1, 0.15) is 0 Å². The highest BCUT2D eigenvalue weighted by atomic mass is 16.5. The largest absolute Gasteiger partial charge is 0.378 e. The standard InChI is InChI=1S/C11H15N3O2/c1-8(7-12)5-11-13-10(14-16-11)6-9-3-2-4-15-9/h8-9H,2-6H2,1H3. The Hall–Kier alpha value is -1.41. The first kappa shape index (κ1) is 11.1. The van der Waals surface area contributed by atoms with Crippen molar-refractivity contribution >= 4 is 0 Å². The van der Waals surface area contributed by atoms with Crippen LogP contribution in [-0.2, 0) is 17.6 Å². The third-order valence-corrected chi connectivity index (χ3v) is 2.65. The minimum atomic E-state index is -0.0870. The van der Waals surface area contributed by atoms with Crippen molar-refractivity contribution < 1.29 is 9.26 Å². The van der Waals surface area contributed by atoms with Gasteiger partial charge in [0, 0.05) is 19.4 Å². The number of nitrogens with zero attached hydrogens (tertiary/aromatic N) is 3. The van der Waals surface area contributed by atoms with Crippen molar-refractivity contribution in [2.24, 2.45) is 5.92 Å². The Kier molecular flexibility index (Phi) is 3.52. The molecule has 0 amide bonds. The summed E-state index contributed by atoms with van der Waals surface area (Å²) in [4.78, 5) is 4.25. The van der Waals surface area contributed by atoms with Gasteiger partial charge in [0.25, 0.3) is 0 Å². The fourth-order valence-corrected chi connectivity index (χ4v) is 1.77. The first-order chi connectivity index (χ1) is 7.78. The fourth-order valence-electron chi connectivity index (χ4n) is 1.77. The molecule has 1 fully saturated rings. The molecule has 0 radical (unpaired) electrons. The van der Waals surface area contributed by atoms with E-state index < -0.39 is 0 Å². The lowest BCUT2D eigenvalue weighted by Crippen LogP contribution is -2.10. The van der Waals surface area contributed by atoms with E-state index in [1.54, 1.807) is 0 Å². The van der Waals surface area contributed by atoms with Crippen LogP contribution in [0.5, 0.6) is 0 Å². The second-order valence-electron chi connectivity index (χ2n) is 4.18. The van der Waals surface area contributed by atoms with Crippen LogP contribution in [0.2, 0.25) is 0 Å². The van der Waals surface area contributed by atoms with E-state index in [0.717, 1.165) is 19.4 Å². The van der Waals surface area contributed by atoms with Crippen LogP contribution >= 0.6 is 0 Å². The third-order valence-electron chi connectivity index (χ3n) is 2.65. The summed E-state index contributed by atoms with van der Waals surface area (Å²) in [6, 6.07) is 2.14. The minimum absolute atomic E-state index is 0.0870. The van der Waals surface area contributed by atoms with Crippen molar-refractivity contribution in [3.8, 4) is 6.07 Å². The SMILES string of the molecule is CC(C#N)Cc1nc(CC2CCCO2)no1. The van der Waals surface area contributed by atoms with Gasteiger partial charge in [0.05, 0.1) is 18.1 Å². The average molecular weight is 221 g/mol. The Morgan fingerprint density at radius 2 is 2.50 bits per heavy atom. The molecule has 5 heteroatoms. The molecule has 16 heavy (non-hydrogen) atoms. The first-order valence-corrected chi connectivity index (χ1v) is 5.60. The molecule has 2 rings (SSSR count). The van der Waals surface area contributed by atoms with Gasteiger partial charge in [-0.3, -0.25) is 0 Å². The molecule has 2 atom stereocenters. The zero-order chi connectivity index (χ0) is 11.4. The highest BCUT2D eigenvalue weighted by molar-refractivity contribution is 4.93. The monoisotopic (exact) mass is 221 g/mol. The summed E-state index contributed by atoms with van der Waals surface area (Å²) in [6.45, 7) is 2.67. The van der Waals surface area contributed by atoms with Gasteiger partial charge in [0.15, 0.2) is 5.82 Å². The second-order valence-corrected chi connectivity index (χ2v) is 4.18. The zero-order valence-electron chi connectivity index (χ0n) is 9.35. The lowest BCUT2D eigenvalue weighted by molar-refractivity contribution is 0.109. The highest BCUT2D eigenvalue weighted by Crippen LogP contribution is 2.16. The topological polar surface area (TPSA) is 71.9 Å². The quantitative estimate of drug-likeness (QED) is 0.770. The van der Waals surface area contributed by atoms with Gasteiger partial charge in [0.2, 0.25) is 5.89 Å². The lowest BCUT2D eigenvalue weighted by Gasteiger charge is -2.03. The van der Waals surface area contributed by atoms with Crippen molar-refractivity contribution in [2.45, 2.75) is 38.7 Å². The third kappa shape index (κ3) is 2.80. The summed E-state index contributed by atoms with van der Waals surface area (Å²) in [5, 5.41) is 12.6. The Labute approximate surface area is 94.4 Å². The number of hydrogen-bond acceptors (Lipinski definition) is 5. The van der Waals surface area contributed by atoms with E-state index in [0.29, 0.717) is 24.6 Å². The van der Waals surface area contributed by atoms with Crippen molar-refractivity contribution in [1.82, 2.24) is 10.1 Å². The van der Waals surface area contributed by atoms with Crippen LogP contribution in [0.1, 0.15) is 31.5 Å². The molecule has 0 bridgehead atoms. The fraction of sp³-hybridized carbons (Fsp3) is 0.727. The summed E-state index contributed by atoms with van der Waals surface area (Å²) in [6.07, 6.45) is 3.65. The molecule has 2 unspecified atom stereocenters. The van der Waals surface area contributed by atoms with E-state index >= 15 is 0 Å². The maximum atomic E-state index is 8.67. The van der Waals surface area contributed by atoms with Crippen molar-refractivity contribution in [1.29, 1.82) is 5.26 Å². The molecule has 0 aliphatic carbocycles. The van der Waals surface area contributed by atoms with Crippen LogP contribution in [0.25, 0.3) is 0 Å². The van der Waals surface area contributed by atoms with Crippen LogP contribution in [0.3, 0.4) is 0 Å². The second kappa shape index (κ2) is 5.08. The molecule has 2 heterocycles. The normalized spacial score (nSPS) is 21.9. The van der Waals surface area contributed by atoms with Crippen LogP contribution < -0.4 is 0 Å². The molecule has 1 aromatic heterocycles. The van der Waals surface area contributed by atoms with E-state index in [1.807, 2.05) is 6.92 Å². The molecule has 5 nitrogen and oxygen atoms in total. The van der Waals surface area contributed by atoms with Gasteiger partial charge in [-0.1, -0.05) is 5.16 Å². The Morgan fingerprint density at radius 3 is 3.19 bits per heavy atom. The maximum Gasteiger partial charge on any atom is 0.227 e. The van der Waals surface area contributed by atoms with Crippen molar-refractivity contribution in [3.63, 3.8) is 0 Å². The molecule has 0 N–H and O–H groups in total. The lowest BCUT2D eigenvalue weighted by atomic mass is 10.1. The Balaban J connectivity index is 1.89. The van der Waals surface area contributed by atoms with Gasteiger partial charge in [-0.2, -0.15) is 10.2 Å². The Morgan fingerprint density at radius 1 is 1.62 bits per heavy atom. The van der Waals surface area contributed by atoms with E-state index in [-0.39, 0.29) is 12.0 Å². The molecule has 1 aromatic rings. The van der Waals surface area contributed by atoms with Gasteiger partial charge < -0.3 is 9.26 Å². The summed E-state index contributed by atoms with van der Waals surface area (Å²) in [7, 11) is 0. The summed E-state index contributed by atoms with van der Waals surface area (Å²) in [5.41, 5.74) is 0. The van der Waals surface area contributed by atoms with Gasteiger partial charge in [-0.25, -0.2) is 0 Å². The van der Waals surface area contributed by atoms with E-state index in [9.17, 15) is 0 Å². The first-order valence-electron chi connectivity index (χ1n) is 5.60. The van der Waals surface area contributed by atoms with Crippen LogP contribution in [0.15, 0.2) is 4.52 Å². The number of aromatic nitrogens is 2. The number of nitriles is 1. The molecule has 0 saturated carbocycles.